The van der Waals surface area contributed by atoms with Crippen LogP contribution in [-0.2, 0) is 0 Å². The molecule has 2 fully saturated rings. The topological polar surface area (TPSA) is 30.5 Å². The zero-order chi connectivity index (χ0) is 12.4. The van der Waals surface area contributed by atoms with E-state index in [4.69, 9.17) is 9.47 Å². The lowest BCUT2D eigenvalue weighted by Gasteiger charge is -2.27. The van der Waals surface area contributed by atoms with Crippen LogP contribution < -0.4 is 14.8 Å². The van der Waals surface area contributed by atoms with Crippen molar-refractivity contribution in [2.45, 2.75) is 25.0 Å². The number of methoxy groups -OCH3 is 1. The second kappa shape index (κ2) is 5.41. The largest absolute Gasteiger partial charge is 0.493 e. The van der Waals surface area contributed by atoms with Crippen molar-refractivity contribution < 1.29 is 9.47 Å². The summed E-state index contributed by atoms with van der Waals surface area (Å²) in [5.41, 5.74) is 1.31. The number of benzene rings is 1. The first-order valence-corrected chi connectivity index (χ1v) is 7.68. The lowest BCUT2D eigenvalue weighted by Crippen LogP contribution is -2.31. The minimum atomic E-state index is 0.361. The molecule has 1 unspecified atom stereocenters. The number of hydrogen-bond acceptors (Lipinski definition) is 4. The molecule has 0 amide bonds. The molecule has 2 aliphatic heterocycles. The van der Waals surface area contributed by atoms with Gasteiger partial charge in [0.15, 0.2) is 11.5 Å². The zero-order valence-electron chi connectivity index (χ0n) is 10.6. The summed E-state index contributed by atoms with van der Waals surface area (Å²) in [5.74, 6) is 3.92. The van der Waals surface area contributed by atoms with Crippen molar-refractivity contribution in [1.29, 1.82) is 0 Å². The van der Waals surface area contributed by atoms with Gasteiger partial charge in [0.1, 0.15) is 6.10 Å². The van der Waals surface area contributed by atoms with Crippen molar-refractivity contribution in [3.63, 3.8) is 0 Å². The molecule has 2 heterocycles. The monoisotopic (exact) mass is 265 g/mol. The summed E-state index contributed by atoms with van der Waals surface area (Å²) in [6.45, 7) is 1.12. The Labute approximate surface area is 112 Å². The van der Waals surface area contributed by atoms with Gasteiger partial charge in [0.05, 0.1) is 7.11 Å². The highest BCUT2D eigenvalue weighted by Crippen LogP contribution is 2.35. The van der Waals surface area contributed by atoms with Crippen LogP contribution >= 0.6 is 11.8 Å². The lowest BCUT2D eigenvalue weighted by atomic mass is 10.0. The van der Waals surface area contributed by atoms with E-state index >= 15 is 0 Å². The molecule has 1 atom stereocenters. The minimum Gasteiger partial charge on any atom is -0.493 e. The molecule has 0 bridgehead atoms. The van der Waals surface area contributed by atoms with E-state index in [9.17, 15) is 0 Å². The van der Waals surface area contributed by atoms with E-state index in [0.717, 1.165) is 29.5 Å². The Morgan fingerprint density at radius 3 is 2.78 bits per heavy atom. The first kappa shape index (κ1) is 12.2. The Morgan fingerprint density at radius 2 is 2.17 bits per heavy atom. The standard InChI is InChI=1S/C14H19NO2S/c1-16-14-7-10(12-3-2-6-15-12)4-5-13(14)17-11-8-18-9-11/h4-5,7,11-12,15H,2-3,6,8-9H2,1H3. The van der Waals surface area contributed by atoms with Crippen LogP contribution in [0.5, 0.6) is 11.5 Å². The first-order valence-electron chi connectivity index (χ1n) is 6.52. The Morgan fingerprint density at radius 1 is 1.28 bits per heavy atom. The van der Waals surface area contributed by atoms with Gasteiger partial charge >= 0.3 is 0 Å². The van der Waals surface area contributed by atoms with E-state index in [0.29, 0.717) is 12.1 Å². The molecule has 0 radical (unpaired) electrons. The Bertz CT molecular complexity index is 414. The molecule has 2 aliphatic rings. The molecule has 1 aromatic rings. The maximum atomic E-state index is 5.92. The molecule has 4 heteroatoms. The van der Waals surface area contributed by atoms with Crippen molar-refractivity contribution >= 4 is 11.8 Å². The molecule has 0 saturated carbocycles. The SMILES string of the molecule is COc1cc(C2CCCN2)ccc1OC1CSC1. The van der Waals surface area contributed by atoms with E-state index in [1.54, 1.807) is 7.11 Å². The summed E-state index contributed by atoms with van der Waals surface area (Å²) in [4.78, 5) is 0. The molecule has 0 aliphatic carbocycles. The molecular formula is C14H19NO2S. The second-order valence-electron chi connectivity index (χ2n) is 4.84. The molecular weight excluding hydrogens is 246 g/mol. The van der Waals surface area contributed by atoms with Gasteiger partial charge < -0.3 is 14.8 Å². The summed E-state index contributed by atoms with van der Waals surface area (Å²) >= 11 is 1.93. The number of rotatable bonds is 4. The lowest BCUT2D eigenvalue weighted by molar-refractivity contribution is 0.228. The van der Waals surface area contributed by atoms with Crippen molar-refractivity contribution in [2.24, 2.45) is 0 Å². The van der Waals surface area contributed by atoms with Gasteiger partial charge in [-0.05, 0) is 37.1 Å². The van der Waals surface area contributed by atoms with Crippen LogP contribution in [0.3, 0.4) is 0 Å². The third-order valence-electron chi connectivity index (χ3n) is 3.55. The molecule has 3 nitrogen and oxygen atoms in total. The summed E-state index contributed by atoms with van der Waals surface area (Å²) in [5, 5.41) is 3.51. The zero-order valence-corrected chi connectivity index (χ0v) is 11.5. The van der Waals surface area contributed by atoms with Gasteiger partial charge in [0.25, 0.3) is 0 Å². The summed E-state index contributed by atoms with van der Waals surface area (Å²) < 4.78 is 11.4. The van der Waals surface area contributed by atoms with E-state index in [-0.39, 0.29) is 0 Å². The average Bonchev–Trinajstić information content (AvgIpc) is 2.87. The van der Waals surface area contributed by atoms with Gasteiger partial charge in [-0.2, -0.15) is 11.8 Å². The first-order chi connectivity index (χ1) is 8.86. The highest BCUT2D eigenvalue weighted by atomic mass is 32.2. The predicted molar refractivity (Wildman–Crippen MR) is 74.7 cm³/mol. The van der Waals surface area contributed by atoms with Crippen LogP contribution in [0.25, 0.3) is 0 Å². The van der Waals surface area contributed by atoms with Gasteiger partial charge in [-0.25, -0.2) is 0 Å². The molecule has 0 aromatic heterocycles. The maximum absolute atomic E-state index is 5.92. The third-order valence-corrected chi connectivity index (χ3v) is 4.77. The molecule has 3 rings (SSSR count). The van der Waals surface area contributed by atoms with Crippen molar-refractivity contribution in [2.75, 3.05) is 25.2 Å². The summed E-state index contributed by atoms with van der Waals surface area (Å²) in [6.07, 6.45) is 2.83. The van der Waals surface area contributed by atoms with Crippen molar-refractivity contribution in [1.82, 2.24) is 5.32 Å². The van der Waals surface area contributed by atoms with Crippen LogP contribution in [-0.4, -0.2) is 31.3 Å². The fourth-order valence-electron chi connectivity index (χ4n) is 2.43. The van der Waals surface area contributed by atoms with Crippen molar-refractivity contribution in [3.05, 3.63) is 23.8 Å². The molecule has 1 N–H and O–H groups in total. The second-order valence-corrected chi connectivity index (χ2v) is 5.91. The van der Waals surface area contributed by atoms with Gasteiger partial charge in [-0.3, -0.25) is 0 Å². The fraction of sp³-hybridized carbons (Fsp3) is 0.571. The third kappa shape index (κ3) is 2.45. The summed E-state index contributed by atoms with van der Waals surface area (Å²) in [7, 11) is 1.71. The van der Waals surface area contributed by atoms with Crippen LogP contribution in [0.15, 0.2) is 18.2 Å². The molecule has 1 aromatic carbocycles. The van der Waals surface area contributed by atoms with Gasteiger partial charge in [-0.1, -0.05) is 6.07 Å². The number of thioether (sulfide) groups is 1. The minimum absolute atomic E-state index is 0.361. The highest BCUT2D eigenvalue weighted by molar-refractivity contribution is 8.00. The van der Waals surface area contributed by atoms with E-state index in [2.05, 4.69) is 23.5 Å². The number of hydrogen-bond donors (Lipinski definition) is 1. The number of ether oxygens (including phenoxy) is 2. The van der Waals surface area contributed by atoms with Crippen LogP contribution in [0.2, 0.25) is 0 Å². The van der Waals surface area contributed by atoms with E-state index in [1.807, 2.05) is 11.8 Å². The average molecular weight is 265 g/mol. The summed E-state index contributed by atoms with van der Waals surface area (Å²) in [6, 6.07) is 6.81. The van der Waals surface area contributed by atoms with E-state index in [1.165, 1.54) is 18.4 Å². The van der Waals surface area contributed by atoms with Crippen LogP contribution in [0, 0.1) is 0 Å². The molecule has 18 heavy (non-hydrogen) atoms. The van der Waals surface area contributed by atoms with Gasteiger partial charge in [-0.15, -0.1) is 0 Å². The highest BCUT2D eigenvalue weighted by Gasteiger charge is 2.22. The Kier molecular flexibility index (Phi) is 3.66. The van der Waals surface area contributed by atoms with Gasteiger partial charge in [0.2, 0.25) is 0 Å². The van der Waals surface area contributed by atoms with E-state index < -0.39 is 0 Å². The predicted octanol–water partition coefficient (Wildman–Crippen LogP) is 2.61. The Balaban J connectivity index is 1.77. The van der Waals surface area contributed by atoms with Gasteiger partial charge in [0, 0.05) is 17.5 Å². The quantitative estimate of drug-likeness (QED) is 0.906. The molecule has 98 valence electrons. The van der Waals surface area contributed by atoms with Crippen LogP contribution in [0.1, 0.15) is 24.4 Å². The smallest absolute Gasteiger partial charge is 0.161 e. The molecule has 0 spiro atoms. The molecule has 2 saturated heterocycles. The Hall–Kier alpha value is -0.870. The van der Waals surface area contributed by atoms with Crippen LogP contribution in [0.4, 0.5) is 0 Å². The normalized spacial score (nSPS) is 23.7. The van der Waals surface area contributed by atoms with Crippen molar-refractivity contribution in [3.8, 4) is 11.5 Å². The number of nitrogens with one attached hydrogen (secondary N) is 1. The maximum Gasteiger partial charge on any atom is 0.161 e. The fourth-order valence-corrected chi connectivity index (χ4v) is 2.99.